The summed E-state index contributed by atoms with van der Waals surface area (Å²) < 4.78 is 6.88. The third-order valence-corrected chi connectivity index (χ3v) is 3.16. The number of rotatable bonds is 10. The van der Waals surface area contributed by atoms with Gasteiger partial charge in [-0.2, -0.15) is 5.10 Å². The number of para-hydroxylation sites is 1. The Bertz CT molecular complexity index is 498. The maximum Gasteiger partial charge on any atom is 0.0766 e. The van der Waals surface area contributed by atoms with Gasteiger partial charge in [0.25, 0.3) is 0 Å². The van der Waals surface area contributed by atoms with Crippen molar-refractivity contribution in [1.29, 1.82) is 0 Å². The highest BCUT2D eigenvalue weighted by molar-refractivity contribution is 5.30. The maximum absolute atomic E-state index is 4.98. The summed E-state index contributed by atoms with van der Waals surface area (Å²) in [7, 11) is 1.72. The molecule has 0 amide bonds. The molecule has 21 heavy (non-hydrogen) atoms. The monoisotopic (exact) mass is 288 g/mol. The van der Waals surface area contributed by atoms with Gasteiger partial charge in [-0.15, -0.1) is 0 Å². The van der Waals surface area contributed by atoms with Gasteiger partial charge in [0.2, 0.25) is 0 Å². The van der Waals surface area contributed by atoms with E-state index in [2.05, 4.69) is 33.9 Å². The molecule has 5 nitrogen and oxygen atoms in total. The lowest BCUT2D eigenvalue weighted by Gasteiger charge is -2.05. The maximum atomic E-state index is 4.98. The van der Waals surface area contributed by atoms with Gasteiger partial charge in [0.15, 0.2) is 0 Å². The molecule has 1 aromatic heterocycles. The quantitative estimate of drug-likeness (QED) is 0.652. The van der Waals surface area contributed by atoms with E-state index < -0.39 is 0 Å². The van der Waals surface area contributed by atoms with E-state index in [0.29, 0.717) is 0 Å². The van der Waals surface area contributed by atoms with Crippen LogP contribution in [0.1, 0.15) is 12.1 Å². The summed E-state index contributed by atoms with van der Waals surface area (Å²) in [6.45, 7) is 4.48. The summed E-state index contributed by atoms with van der Waals surface area (Å²) in [5.74, 6) is 0. The Balaban J connectivity index is 1.63. The largest absolute Gasteiger partial charge is 0.383 e. The van der Waals surface area contributed by atoms with E-state index in [4.69, 9.17) is 4.74 Å². The van der Waals surface area contributed by atoms with Gasteiger partial charge in [-0.1, -0.05) is 18.2 Å². The van der Waals surface area contributed by atoms with Crippen molar-refractivity contribution in [2.75, 3.05) is 33.4 Å². The van der Waals surface area contributed by atoms with Crippen LogP contribution in [0.25, 0.3) is 5.69 Å². The normalized spacial score (nSPS) is 10.9. The molecule has 0 unspecified atom stereocenters. The summed E-state index contributed by atoms with van der Waals surface area (Å²) >= 11 is 0. The molecule has 0 aliphatic heterocycles. The number of aromatic nitrogens is 2. The molecule has 0 saturated heterocycles. The van der Waals surface area contributed by atoms with Crippen LogP contribution in [-0.2, 0) is 11.3 Å². The highest BCUT2D eigenvalue weighted by Crippen LogP contribution is 2.06. The minimum absolute atomic E-state index is 0.768. The lowest BCUT2D eigenvalue weighted by molar-refractivity contribution is 0.199. The van der Waals surface area contributed by atoms with Crippen molar-refractivity contribution in [3.8, 4) is 5.69 Å². The zero-order chi connectivity index (χ0) is 14.8. The molecule has 2 rings (SSSR count). The molecule has 5 heteroatoms. The van der Waals surface area contributed by atoms with Gasteiger partial charge in [0.1, 0.15) is 0 Å². The van der Waals surface area contributed by atoms with Crippen LogP contribution in [0.2, 0.25) is 0 Å². The number of benzene rings is 1. The molecule has 0 spiro atoms. The van der Waals surface area contributed by atoms with E-state index in [9.17, 15) is 0 Å². The van der Waals surface area contributed by atoms with E-state index in [1.165, 1.54) is 0 Å². The molecule has 2 N–H and O–H groups in total. The van der Waals surface area contributed by atoms with Crippen molar-refractivity contribution in [3.05, 3.63) is 48.3 Å². The topological polar surface area (TPSA) is 51.1 Å². The molecule has 1 aromatic carbocycles. The minimum atomic E-state index is 0.768. The van der Waals surface area contributed by atoms with Gasteiger partial charge in [0.05, 0.1) is 18.0 Å². The Kier molecular flexibility index (Phi) is 6.94. The van der Waals surface area contributed by atoms with Crippen molar-refractivity contribution < 1.29 is 4.74 Å². The van der Waals surface area contributed by atoms with Crippen molar-refractivity contribution in [1.82, 2.24) is 20.4 Å². The SMILES string of the molecule is COCCNCCCNCc1ccn(-c2ccccc2)n1. The molecular weight excluding hydrogens is 264 g/mol. The van der Waals surface area contributed by atoms with Crippen molar-refractivity contribution in [2.24, 2.45) is 0 Å². The first-order chi connectivity index (χ1) is 10.4. The van der Waals surface area contributed by atoms with Crippen LogP contribution >= 0.6 is 0 Å². The summed E-state index contributed by atoms with van der Waals surface area (Å²) in [6.07, 6.45) is 3.10. The number of methoxy groups -OCH3 is 1. The molecule has 0 atom stereocenters. The van der Waals surface area contributed by atoms with Crippen LogP contribution in [0, 0.1) is 0 Å². The molecule has 2 aromatic rings. The van der Waals surface area contributed by atoms with Gasteiger partial charge in [-0.3, -0.25) is 0 Å². The first-order valence-electron chi connectivity index (χ1n) is 7.40. The zero-order valence-corrected chi connectivity index (χ0v) is 12.6. The van der Waals surface area contributed by atoms with Crippen LogP contribution in [0.15, 0.2) is 42.6 Å². The number of nitrogens with zero attached hydrogens (tertiary/aromatic N) is 2. The zero-order valence-electron chi connectivity index (χ0n) is 12.6. The van der Waals surface area contributed by atoms with Crippen molar-refractivity contribution in [2.45, 2.75) is 13.0 Å². The van der Waals surface area contributed by atoms with Gasteiger partial charge < -0.3 is 15.4 Å². The average molecular weight is 288 g/mol. The fourth-order valence-electron chi connectivity index (χ4n) is 2.03. The molecule has 0 radical (unpaired) electrons. The molecule has 0 saturated carbocycles. The average Bonchev–Trinajstić information content (AvgIpc) is 3.00. The van der Waals surface area contributed by atoms with Gasteiger partial charge in [-0.05, 0) is 37.7 Å². The van der Waals surface area contributed by atoms with E-state index >= 15 is 0 Å². The summed E-state index contributed by atoms with van der Waals surface area (Å²) in [5, 5.41) is 11.3. The third kappa shape index (κ3) is 5.67. The smallest absolute Gasteiger partial charge is 0.0766 e. The Morgan fingerprint density at radius 2 is 1.86 bits per heavy atom. The Morgan fingerprint density at radius 1 is 1.05 bits per heavy atom. The predicted molar refractivity (Wildman–Crippen MR) is 84.6 cm³/mol. The summed E-state index contributed by atoms with van der Waals surface area (Å²) in [6, 6.07) is 12.2. The van der Waals surface area contributed by atoms with E-state index in [-0.39, 0.29) is 0 Å². The molecule has 1 heterocycles. The standard InChI is InChI=1S/C16H24N4O/c1-21-13-11-17-9-5-10-18-14-15-8-12-20(19-15)16-6-3-2-4-7-16/h2-4,6-8,12,17-18H,5,9-11,13-14H2,1H3. The highest BCUT2D eigenvalue weighted by atomic mass is 16.5. The third-order valence-electron chi connectivity index (χ3n) is 3.16. The van der Waals surface area contributed by atoms with Crippen LogP contribution in [0.3, 0.4) is 0 Å². The second-order valence-corrected chi connectivity index (χ2v) is 4.86. The van der Waals surface area contributed by atoms with Gasteiger partial charge in [-0.25, -0.2) is 4.68 Å². The second kappa shape index (κ2) is 9.28. The van der Waals surface area contributed by atoms with Crippen molar-refractivity contribution in [3.63, 3.8) is 0 Å². The minimum Gasteiger partial charge on any atom is -0.383 e. The first-order valence-corrected chi connectivity index (χ1v) is 7.40. The fraction of sp³-hybridized carbons (Fsp3) is 0.438. The van der Waals surface area contributed by atoms with E-state index in [1.807, 2.05) is 29.1 Å². The molecule has 0 fully saturated rings. The predicted octanol–water partition coefficient (Wildman–Crippen LogP) is 1.59. The second-order valence-electron chi connectivity index (χ2n) is 4.86. The number of hydrogen-bond acceptors (Lipinski definition) is 4. The lowest BCUT2D eigenvalue weighted by Crippen LogP contribution is -2.24. The van der Waals surface area contributed by atoms with Crippen LogP contribution < -0.4 is 10.6 Å². The Morgan fingerprint density at radius 3 is 2.67 bits per heavy atom. The summed E-state index contributed by atoms with van der Waals surface area (Å²) in [5.41, 5.74) is 2.15. The molecule has 114 valence electrons. The lowest BCUT2D eigenvalue weighted by atomic mass is 10.3. The highest BCUT2D eigenvalue weighted by Gasteiger charge is 2.00. The Hall–Kier alpha value is -1.69. The van der Waals surface area contributed by atoms with E-state index in [1.54, 1.807) is 7.11 Å². The van der Waals surface area contributed by atoms with Crippen molar-refractivity contribution >= 4 is 0 Å². The molecule has 0 bridgehead atoms. The number of nitrogens with one attached hydrogen (secondary N) is 2. The molecular formula is C16H24N4O. The fourth-order valence-corrected chi connectivity index (χ4v) is 2.03. The number of ether oxygens (including phenoxy) is 1. The number of hydrogen-bond donors (Lipinski definition) is 2. The first kappa shape index (κ1) is 15.7. The Labute approximate surface area is 126 Å². The van der Waals surface area contributed by atoms with E-state index in [0.717, 1.165) is 50.6 Å². The summed E-state index contributed by atoms with van der Waals surface area (Å²) in [4.78, 5) is 0. The van der Waals surface area contributed by atoms with Gasteiger partial charge >= 0.3 is 0 Å². The molecule has 0 aliphatic carbocycles. The van der Waals surface area contributed by atoms with Gasteiger partial charge in [0, 0.05) is 26.4 Å². The van der Waals surface area contributed by atoms with Crippen LogP contribution in [0.4, 0.5) is 0 Å². The molecule has 0 aliphatic rings. The van der Waals surface area contributed by atoms with Crippen LogP contribution in [0.5, 0.6) is 0 Å². The van der Waals surface area contributed by atoms with Crippen LogP contribution in [-0.4, -0.2) is 43.1 Å².